The Hall–Kier alpha value is -1.89. The van der Waals surface area contributed by atoms with Gasteiger partial charge in [0.05, 0.1) is 0 Å². The van der Waals surface area contributed by atoms with Gasteiger partial charge in [0.15, 0.2) is 0 Å². The van der Waals surface area contributed by atoms with Gasteiger partial charge in [-0.05, 0) is 77.2 Å². The summed E-state index contributed by atoms with van der Waals surface area (Å²) in [6.07, 6.45) is 33.9. The van der Waals surface area contributed by atoms with Gasteiger partial charge in [0.1, 0.15) is 12.1 Å². The predicted octanol–water partition coefficient (Wildman–Crippen LogP) is 9.95. The first-order valence-electron chi connectivity index (χ1n) is 19.0. The second-order valence-corrected chi connectivity index (χ2v) is 13.0. The van der Waals surface area contributed by atoms with Crippen molar-refractivity contribution >= 4 is 17.8 Å². The molecule has 0 aliphatic heterocycles. The summed E-state index contributed by atoms with van der Waals surface area (Å²) in [6, 6.07) is -0.853. The largest absolute Gasteiger partial charge is 0.480 e. The summed E-state index contributed by atoms with van der Waals surface area (Å²) in [7, 11) is 0. The minimum Gasteiger partial charge on any atom is -0.480 e. The van der Waals surface area contributed by atoms with Crippen molar-refractivity contribution < 1.29 is 24.2 Å². The number of ether oxygens (including phenoxy) is 1. The number of carboxylic acids is 1. The maximum absolute atomic E-state index is 12.7. The number of rotatable bonds is 34. The number of allylic oxidation sites excluding steroid dienone is 2. The quantitative estimate of drug-likeness (QED) is 0.0367. The highest BCUT2D eigenvalue weighted by atomic mass is 16.5. The molecule has 0 aromatic carbocycles. The Morgan fingerprint density at radius 1 is 0.622 bits per heavy atom. The van der Waals surface area contributed by atoms with Crippen molar-refractivity contribution in [2.75, 3.05) is 6.54 Å². The summed E-state index contributed by atoms with van der Waals surface area (Å²) in [5.74, 6) is -1.24. The molecule has 0 aromatic heterocycles. The van der Waals surface area contributed by atoms with Crippen LogP contribution >= 0.6 is 0 Å². The van der Waals surface area contributed by atoms with E-state index in [4.69, 9.17) is 10.5 Å². The molecule has 0 saturated heterocycles. The van der Waals surface area contributed by atoms with Crippen LogP contribution in [-0.2, 0) is 19.1 Å². The maximum atomic E-state index is 12.7. The van der Waals surface area contributed by atoms with Crippen LogP contribution in [0.15, 0.2) is 12.2 Å². The van der Waals surface area contributed by atoms with Gasteiger partial charge in [0.25, 0.3) is 0 Å². The van der Waals surface area contributed by atoms with E-state index < -0.39 is 12.0 Å². The normalized spacial score (nSPS) is 12.8. The first-order chi connectivity index (χ1) is 21.9. The smallest absolute Gasteiger partial charge is 0.326 e. The monoisotopic (exact) mass is 637 g/mol. The highest BCUT2D eigenvalue weighted by Gasteiger charge is 2.19. The van der Waals surface area contributed by atoms with Gasteiger partial charge in [0, 0.05) is 12.8 Å². The molecule has 45 heavy (non-hydrogen) atoms. The van der Waals surface area contributed by atoms with Crippen LogP contribution < -0.4 is 11.1 Å². The van der Waals surface area contributed by atoms with E-state index in [0.29, 0.717) is 32.2 Å². The van der Waals surface area contributed by atoms with Gasteiger partial charge in [-0.1, -0.05) is 122 Å². The molecule has 0 aromatic rings. The van der Waals surface area contributed by atoms with E-state index in [9.17, 15) is 19.5 Å². The summed E-state index contributed by atoms with van der Waals surface area (Å²) in [4.78, 5) is 36.1. The fraction of sp³-hybridized carbons (Fsp3) is 0.868. The zero-order valence-corrected chi connectivity index (χ0v) is 29.5. The van der Waals surface area contributed by atoms with Crippen molar-refractivity contribution in [1.29, 1.82) is 0 Å². The highest BCUT2D eigenvalue weighted by Crippen LogP contribution is 2.19. The molecular weight excluding hydrogens is 564 g/mol. The number of carbonyl (C=O) groups is 3. The van der Waals surface area contributed by atoms with Crippen molar-refractivity contribution in [3.63, 3.8) is 0 Å². The van der Waals surface area contributed by atoms with E-state index >= 15 is 0 Å². The number of esters is 1. The molecule has 0 heterocycles. The second kappa shape index (κ2) is 33.5. The van der Waals surface area contributed by atoms with E-state index in [0.717, 1.165) is 64.2 Å². The molecule has 7 nitrogen and oxygen atoms in total. The Morgan fingerprint density at radius 2 is 1.13 bits per heavy atom. The van der Waals surface area contributed by atoms with Gasteiger partial charge in [-0.15, -0.1) is 0 Å². The van der Waals surface area contributed by atoms with Crippen LogP contribution in [0, 0.1) is 0 Å². The van der Waals surface area contributed by atoms with Crippen molar-refractivity contribution in [2.24, 2.45) is 5.73 Å². The number of nitrogens with one attached hydrogen (secondary N) is 1. The summed E-state index contributed by atoms with van der Waals surface area (Å²) >= 11 is 0. The van der Waals surface area contributed by atoms with E-state index in [1.165, 1.54) is 89.9 Å². The van der Waals surface area contributed by atoms with E-state index in [2.05, 4.69) is 31.3 Å². The molecular formula is C38H72N2O5. The first kappa shape index (κ1) is 43.1. The van der Waals surface area contributed by atoms with Crippen LogP contribution in [-0.4, -0.2) is 41.6 Å². The minimum atomic E-state index is -1.00. The molecule has 7 heteroatoms. The number of aliphatic carboxylic acids is 1. The SMILES string of the molecule is CCC/C=C\CCCCCCCC(=O)OC(CCCCCCCCCCC)CCCCCCCC(=O)NC(CCCN)C(=O)O. The zero-order valence-electron chi connectivity index (χ0n) is 29.5. The average molecular weight is 637 g/mol. The molecule has 4 N–H and O–H groups in total. The average Bonchev–Trinajstić information content (AvgIpc) is 3.02. The van der Waals surface area contributed by atoms with Crippen LogP contribution in [0.3, 0.4) is 0 Å². The minimum absolute atomic E-state index is 0.0178. The molecule has 0 saturated carbocycles. The number of hydrogen-bond donors (Lipinski definition) is 3. The molecule has 0 bridgehead atoms. The Morgan fingerprint density at radius 3 is 1.69 bits per heavy atom. The van der Waals surface area contributed by atoms with Crippen LogP contribution in [0.25, 0.3) is 0 Å². The number of amides is 1. The number of nitrogens with two attached hydrogens (primary N) is 1. The summed E-state index contributed by atoms with van der Waals surface area (Å²) < 4.78 is 5.99. The Balaban J connectivity index is 4.29. The third kappa shape index (κ3) is 30.5. The fourth-order valence-corrected chi connectivity index (χ4v) is 5.69. The predicted molar refractivity (Wildman–Crippen MR) is 188 cm³/mol. The molecule has 1 amide bonds. The summed E-state index contributed by atoms with van der Waals surface area (Å²) in [6.45, 7) is 4.87. The van der Waals surface area contributed by atoms with Crippen LogP contribution in [0.4, 0.5) is 0 Å². The molecule has 0 spiro atoms. The first-order valence-corrected chi connectivity index (χ1v) is 19.0. The van der Waals surface area contributed by atoms with E-state index in [-0.39, 0.29) is 18.0 Å². The molecule has 0 radical (unpaired) electrons. The van der Waals surface area contributed by atoms with Gasteiger partial charge in [-0.25, -0.2) is 4.79 Å². The fourth-order valence-electron chi connectivity index (χ4n) is 5.69. The van der Waals surface area contributed by atoms with Crippen LogP contribution in [0.1, 0.15) is 194 Å². The van der Waals surface area contributed by atoms with Crippen molar-refractivity contribution in [3.05, 3.63) is 12.2 Å². The van der Waals surface area contributed by atoms with Gasteiger partial charge in [-0.2, -0.15) is 0 Å². The Kier molecular flexibility index (Phi) is 32.1. The third-order valence-electron chi connectivity index (χ3n) is 8.56. The summed E-state index contributed by atoms with van der Waals surface area (Å²) in [5.41, 5.74) is 5.47. The lowest BCUT2D eigenvalue weighted by Crippen LogP contribution is -2.40. The molecule has 0 rings (SSSR count). The second-order valence-electron chi connectivity index (χ2n) is 13.0. The van der Waals surface area contributed by atoms with Crippen molar-refractivity contribution in [1.82, 2.24) is 5.32 Å². The van der Waals surface area contributed by atoms with Crippen molar-refractivity contribution in [2.45, 2.75) is 206 Å². The van der Waals surface area contributed by atoms with Gasteiger partial charge in [-0.3, -0.25) is 9.59 Å². The third-order valence-corrected chi connectivity index (χ3v) is 8.56. The van der Waals surface area contributed by atoms with Gasteiger partial charge in [0.2, 0.25) is 5.91 Å². The van der Waals surface area contributed by atoms with E-state index in [1.54, 1.807) is 0 Å². The molecule has 0 aliphatic carbocycles. The lowest BCUT2D eigenvalue weighted by Gasteiger charge is -2.18. The standard InChI is InChI=1S/C38H72N2O5/c1-3-5-7-9-11-13-15-17-22-26-32-37(42)45-34(28-23-19-16-14-12-10-8-6-4-2)29-24-20-18-21-25-31-36(41)40-35(38(43)44)30-27-33-39/h7,9,34-35H,3-6,8,10-33,39H2,1-2H3,(H,40,41)(H,43,44)/b9-7-. The zero-order chi connectivity index (χ0) is 33.2. The lowest BCUT2D eigenvalue weighted by molar-refractivity contribution is -0.150. The molecule has 2 atom stereocenters. The maximum Gasteiger partial charge on any atom is 0.326 e. The number of hydrogen-bond acceptors (Lipinski definition) is 5. The number of unbranched alkanes of at least 4 members (excludes halogenated alkanes) is 18. The molecule has 0 fully saturated rings. The number of carboxylic acid groups (broad SMARTS) is 1. The highest BCUT2D eigenvalue weighted by molar-refractivity contribution is 5.83. The van der Waals surface area contributed by atoms with Gasteiger partial charge < -0.3 is 20.9 Å². The Labute approximate surface area is 277 Å². The van der Waals surface area contributed by atoms with Gasteiger partial charge >= 0.3 is 11.9 Å². The van der Waals surface area contributed by atoms with Crippen LogP contribution in [0.5, 0.6) is 0 Å². The lowest BCUT2D eigenvalue weighted by atomic mass is 10.0. The molecule has 0 aliphatic rings. The number of carbonyl (C=O) groups excluding carboxylic acids is 2. The van der Waals surface area contributed by atoms with Crippen molar-refractivity contribution in [3.8, 4) is 0 Å². The Bertz CT molecular complexity index is 727. The molecule has 264 valence electrons. The topological polar surface area (TPSA) is 119 Å². The van der Waals surface area contributed by atoms with E-state index in [1.807, 2.05) is 0 Å². The van der Waals surface area contributed by atoms with Crippen LogP contribution in [0.2, 0.25) is 0 Å². The molecule has 2 unspecified atom stereocenters. The summed E-state index contributed by atoms with van der Waals surface area (Å²) in [5, 5.41) is 11.9.